The van der Waals surface area contributed by atoms with Gasteiger partial charge in [0.1, 0.15) is 0 Å². The summed E-state index contributed by atoms with van der Waals surface area (Å²) in [5, 5.41) is 3.01. The Morgan fingerprint density at radius 1 is 1.21 bits per heavy atom. The average molecular weight is 297 g/mol. The van der Waals surface area contributed by atoms with Crippen molar-refractivity contribution in [1.29, 1.82) is 0 Å². The van der Waals surface area contributed by atoms with Crippen LogP contribution in [0.5, 0.6) is 0 Å². The van der Waals surface area contributed by atoms with E-state index in [1.54, 1.807) is 7.11 Å². The Bertz CT molecular complexity index is 347. The van der Waals surface area contributed by atoms with Crippen LogP contribution in [0.3, 0.4) is 0 Å². The van der Waals surface area contributed by atoms with Crippen molar-refractivity contribution in [2.75, 3.05) is 54.1 Å². The summed E-state index contributed by atoms with van der Waals surface area (Å²) in [6.07, 6.45) is 0.0278. The molecule has 0 spiro atoms. The minimum absolute atomic E-state index is 0.0278. The van der Waals surface area contributed by atoms with Gasteiger partial charge < -0.3 is 14.8 Å². The maximum atomic E-state index is 11.7. The number of ether oxygens (including phenoxy) is 2. The predicted octanol–water partition coefficient (Wildman–Crippen LogP) is -1.45. The number of methoxy groups -OCH3 is 2. The molecule has 0 saturated heterocycles. The molecule has 2 N–H and O–H groups in total. The monoisotopic (exact) mass is 297 g/mol. The Morgan fingerprint density at radius 2 is 1.89 bits per heavy atom. The maximum Gasteiger partial charge on any atom is 0.306 e. The Hall–Kier alpha value is -0.740. The van der Waals surface area contributed by atoms with Crippen LogP contribution in [-0.4, -0.2) is 72.7 Å². The van der Waals surface area contributed by atoms with E-state index in [1.165, 1.54) is 14.2 Å². The van der Waals surface area contributed by atoms with Gasteiger partial charge in [-0.2, -0.15) is 12.7 Å². The van der Waals surface area contributed by atoms with Gasteiger partial charge in [0.25, 0.3) is 10.2 Å². The Balaban J connectivity index is 3.86. The lowest BCUT2D eigenvalue weighted by Crippen LogP contribution is -2.42. The molecule has 0 aliphatic rings. The molecule has 0 fully saturated rings. The van der Waals surface area contributed by atoms with Gasteiger partial charge in [-0.1, -0.05) is 0 Å². The second-order valence-electron chi connectivity index (χ2n) is 3.79. The standard InChI is InChI=1S/C10H23N3O5S/c1-13(8-4-10(14)18-3)19(15,16)12-6-5-11-7-9-17-2/h11-12H,4-9H2,1-3H3. The number of hydrogen-bond acceptors (Lipinski definition) is 6. The topological polar surface area (TPSA) is 97.0 Å². The molecule has 19 heavy (non-hydrogen) atoms. The fraction of sp³-hybridized carbons (Fsp3) is 0.900. The molecule has 0 aromatic carbocycles. The number of rotatable bonds is 11. The van der Waals surface area contributed by atoms with Gasteiger partial charge in [0.15, 0.2) is 0 Å². The van der Waals surface area contributed by atoms with Gasteiger partial charge in [-0.05, 0) is 0 Å². The van der Waals surface area contributed by atoms with Crippen molar-refractivity contribution in [3.63, 3.8) is 0 Å². The summed E-state index contributed by atoms with van der Waals surface area (Å²) in [6, 6.07) is 0. The number of carbonyl (C=O) groups is 1. The van der Waals surface area contributed by atoms with Crippen molar-refractivity contribution in [2.24, 2.45) is 0 Å². The highest BCUT2D eigenvalue weighted by Gasteiger charge is 2.17. The van der Waals surface area contributed by atoms with E-state index in [9.17, 15) is 13.2 Å². The molecule has 0 heterocycles. The van der Waals surface area contributed by atoms with E-state index in [2.05, 4.69) is 14.8 Å². The number of nitrogens with one attached hydrogen (secondary N) is 2. The fourth-order valence-electron chi connectivity index (χ4n) is 1.15. The minimum Gasteiger partial charge on any atom is -0.469 e. The molecule has 0 aromatic rings. The lowest BCUT2D eigenvalue weighted by atomic mass is 10.4. The van der Waals surface area contributed by atoms with Crippen LogP contribution in [-0.2, 0) is 24.5 Å². The Labute approximate surface area is 114 Å². The molecule has 0 bridgehead atoms. The highest BCUT2D eigenvalue weighted by molar-refractivity contribution is 7.87. The largest absolute Gasteiger partial charge is 0.469 e. The third-order valence-electron chi connectivity index (χ3n) is 2.34. The minimum atomic E-state index is -3.55. The lowest BCUT2D eigenvalue weighted by Gasteiger charge is -2.17. The molecule has 0 radical (unpaired) electrons. The summed E-state index contributed by atoms with van der Waals surface area (Å²) in [7, 11) is 0.716. The highest BCUT2D eigenvalue weighted by Crippen LogP contribution is 1.96. The zero-order valence-corrected chi connectivity index (χ0v) is 12.5. The van der Waals surface area contributed by atoms with Gasteiger partial charge in [0.2, 0.25) is 0 Å². The molecule has 0 aliphatic heterocycles. The van der Waals surface area contributed by atoms with Gasteiger partial charge in [-0.3, -0.25) is 4.79 Å². The molecule has 0 atom stereocenters. The van der Waals surface area contributed by atoms with E-state index in [-0.39, 0.29) is 19.5 Å². The number of carbonyl (C=O) groups excluding carboxylic acids is 1. The number of nitrogens with zero attached hydrogens (tertiary/aromatic N) is 1. The second kappa shape index (κ2) is 10.1. The van der Waals surface area contributed by atoms with E-state index >= 15 is 0 Å². The van der Waals surface area contributed by atoms with Crippen LogP contribution in [0.15, 0.2) is 0 Å². The predicted molar refractivity (Wildman–Crippen MR) is 70.9 cm³/mol. The normalized spacial score (nSPS) is 11.8. The van der Waals surface area contributed by atoms with Gasteiger partial charge in [-0.25, -0.2) is 4.72 Å². The SMILES string of the molecule is COCCNCCNS(=O)(=O)N(C)CCC(=O)OC. The highest BCUT2D eigenvalue weighted by atomic mass is 32.2. The summed E-state index contributed by atoms with van der Waals surface area (Å²) in [5.41, 5.74) is 0. The quantitative estimate of drug-likeness (QED) is 0.358. The third-order valence-corrected chi connectivity index (χ3v) is 3.91. The summed E-state index contributed by atoms with van der Waals surface area (Å²) in [5.74, 6) is -0.441. The smallest absolute Gasteiger partial charge is 0.306 e. The molecule has 9 heteroatoms. The number of esters is 1. The van der Waals surface area contributed by atoms with E-state index < -0.39 is 16.2 Å². The first-order valence-electron chi connectivity index (χ1n) is 5.91. The molecule has 8 nitrogen and oxygen atoms in total. The molecule has 0 unspecified atom stereocenters. The van der Waals surface area contributed by atoms with Crippen LogP contribution in [0.1, 0.15) is 6.42 Å². The van der Waals surface area contributed by atoms with E-state index in [0.29, 0.717) is 19.7 Å². The van der Waals surface area contributed by atoms with Crippen LogP contribution in [0.2, 0.25) is 0 Å². The molecule has 0 aromatic heterocycles. The molecule has 0 rings (SSSR count). The zero-order chi connectivity index (χ0) is 14.7. The molecule has 0 aliphatic carbocycles. The van der Waals surface area contributed by atoms with Gasteiger partial charge in [0.05, 0.1) is 20.1 Å². The fourth-order valence-corrected chi connectivity index (χ4v) is 2.06. The van der Waals surface area contributed by atoms with Crippen molar-refractivity contribution in [1.82, 2.24) is 14.3 Å². The van der Waals surface area contributed by atoms with Crippen molar-refractivity contribution in [3.05, 3.63) is 0 Å². The summed E-state index contributed by atoms with van der Waals surface area (Å²) in [6.45, 7) is 2.10. The van der Waals surface area contributed by atoms with Gasteiger partial charge in [0, 0.05) is 40.3 Å². The second-order valence-corrected chi connectivity index (χ2v) is 5.65. The van der Waals surface area contributed by atoms with E-state index in [1.807, 2.05) is 0 Å². The molecular weight excluding hydrogens is 274 g/mol. The summed E-state index contributed by atoms with van der Waals surface area (Å²) in [4.78, 5) is 10.9. The third kappa shape index (κ3) is 8.89. The lowest BCUT2D eigenvalue weighted by molar-refractivity contribution is -0.140. The summed E-state index contributed by atoms with van der Waals surface area (Å²) < 4.78 is 36.2. The number of hydrogen-bond donors (Lipinski definition) is 2. The maximum absolute atomic E-state index is 11.7. The first-order chi connectivity index (χ1) is 8.94. The van der Waals surface area contributed by atoms with Crippen LogP contribution < -0.4 is 10.0 Å². The van der Waals surface area contributed by atoms with Crippen LogP contribution >= 0.6 is 0 Å². The van der Waals surface area contributed by atoms with Gasteiger partial charge in [-0.15, -0.1) is 0 Å². The van der Waals surface area contributed by atoms with E-state index in [0.717, 1.165) is 4.31 Å². The Kier molecular flexibility index (Phi) is 9.70. The molecule has 114 valence electrons. The molecule has 0 amide bonds. The van der Waals surface area contributed by atoms with Crippen molar-refractivity contribution in [2.45, 2.75) is 6.42 Å². The van der Waals surface area contributed by atoms with Crippen molar-refractivity contribution in [3.8, 4) is 0 Å². The zero-order valence-electron chi connectivity index (χ0n) is 11.6. The van der Waals surface area contributed by atoms with Crippen LogP contribution in [0, 0.1) is 0 Å². The Morgan fingerprint density at radius 3 is 2.47 bits per heavy atom. The van der Waals surface area contributed by atoms with Crippen molar-refractivity contribution >= 4 is 16.2 Å². The summed E-state index contributed by atoms with van der Waals surface area (Å²) >= 11 is 0. The molecular formula is C10H23N3O5S. The average Bonchev–Trinajstić information content (AvgIpc) is 2.39. The van der Waals surface area contributed by atoms with Crippen LogP contribution in [0.25, 0.3) is 0 Å². The molecule has 0 saturated carbocycles. The van der Waals surface area contributed by atoms with Crippen molar-refractivity contribution < 1.29 is 22.7 Å². The first kappa shape index (κ1) is 18.3. The van der Waals surface area contributed by atoms with E-state index in [4.69, 9.17) is 4.74 Å². The van der Waals surface area contributed by atoms with Crippen LogP contribution in [0.4, 0.5) is 0 Å². The van der Waals surface area contributed by atoms with Gasteiger partial charge >= 0.3 is 5.97 Å². The first-order valence-corrected chi connectivity index (χ1v) is 7.35.